The van der Waals surface area contributed by atoms with Crippen LogP contribution in [0.15, 0.2) is 47.8 Å². The minimum Gasteiger partial charge on any atom is -0.352 e. The first-order chi connectivity index (χ1) is 13.3. The van der Waals surface area contributed by atoms with E-state index in [2.05, 4.69) is 55.3 Å². The van der Waals surface area contributed by atoms with Crippen molar-refractivity contribution in [2.75, 3.05) is 36.0 Å². The van der Waals surface area contributed by atoms with Crippen LogP contribution in [0, 0.1) is 0 Å². The van der Waals surface area contributed by atoms with E-state index in [0.717, 1.165) is 60.2 Å². The van der Waals surface area contributed by atoms with Crippen molar-refractivity contribution < 1.29 is 0 Å². The topological polar surface area (TPSA) is 58.0 Å². The highest BCUT2D eigenvalue weighted by molar-refractivity contribution is 7.98. The number of nitrogens with zero attached hydrogens (tertiary/aromatic N) is 6. The van der Waals surface area contributed by atoms with E-state index in [1.165, 1.54) is 17.1 Å². The van der Waals surface area contributed by atoms with Crippen molar-refractivity contribution in [3.63, 3.8) is 0 Å². The second kappa shape index (κ2) is 8.67. The molecule has 0 amide bonds. The molecule has 1 saturated heterocycles. The molecular weight excluding hydrogens is 376 g/mol. The van der Waals surface area contributed by atoms with Gasteiger partial charge in [-0.05, 0) is 5.56 Å². The standard InChI is InChI=1S/C19H22N6S2/c1-2-16-21-19(27-23-16)25-10-8-24(9-11-25)17-12-20-13-18(22-17)26-14-15-6-4-3-5-7-15/h3-7,12-13H,2,8-11,14H2,1H3. The van der Waals surface area contributed by atoms with Gasteiger partial charge in [-0.15, -0.1) is 11.8 Å². The van der Waals surface area contributed by atoms with Crippen LogP contribution in [0.4, 0.5) is 10.9 Å². The Hall–Kier alpha value is -2.19. The summed E-state index contributed by atoms with van der Waals surface area (Å²) < 4.78 is 4.39. The van der Waals surface area contributed by atoms with Crippen molar-refractivity contribution >= 4 is 34.2 Å². The molecule has 8 heteroatoms. The molecule has 3 aromatic rings. The summed E-state index contributed by atoms with van der Waals surface area (Å²) in [5.41, 5.74) is 1.30. The van der Waals surface area contributed by atoms with E-state index in [9.17, 15) is 0 Å². The third kappa shape index (κ3) is 4.56. The van der Waals surface area contributed by atoms with Crippen LogP contribution in [0.3, 0.4) is 0 Å². The molecule has 6 nitrogen and oxygen atoms in total. The smallest absolute Gasteiger partial charge is 0.205 e. The Morgan fingerprint density at radius 1 is 1.00 bits per heavy atom. The summed E-state index contributed by atoms with van der Waals surface area (Å²) in [6.07, 6.45) is 4.60. The highest BCUT2D eigenvalue weighted by atomic mass is 32.2. The van der Waals surface area contributed by atoms with Crippen molar-refractivity contribution in [3.05, 3.63) is 54.1 Å². The number of piperazine rings is 1. The zero-order valence-electron chi connectivity index (χ0n) is 15.3. The van der Waals surface area contributed by atoms with Crippen LogP contribution in [0.25, 0.3) is 0 Å². The van der Waals surface area contributed by atoms with Gasteiger partial charge < -0.3 is 9.80 Å². The van der Waals surface area contributed by atoms with E-state index >= 15 is 0 Å². The molecule has 0 unspecified atom stereocenters. The van der Waals surface area contributed by atoms with Gasteiger partial charge in [0.1, 0.15) is 16.7 Å². The van der Waals surface area contributed by atoms with Crippen LogP contribution in [0.5, 0.6) is 0 Å². The Labute approximate surface area is 167 Å². The Morgan fingerprint density at radius 3 is 2.52 bits per heavy atom. The number of benzene rings is 1. The normalized spacial score (nSPS) is 14.6. The maximum atomic E-state index is 4.81. The summed E-state index contributed by atoms with van der Waals surface area (Å²) in [7, 11) is 0. The van der Waals surface area contributed by atoms with E-state index in [-0.39, 0.29) is 0 Å². The molecule has 140 valence electrons. The van der Waals surface area contributed by atoms with E-state index < -0.39 is 0 Å². The summed E-state index contributed by atoms with van der Waals surface area (Å²) in [6.45, 7) is 5.79. The molecule has 2 aromatic heterocycles. The fraction of sp³-hybridized carbons (Fsp3) is 0.368. The molecular formula is C19H22N6S2. The van der Waals surface area contributed by atoms with Gasteiger partial charge in [0.2, 0.25) is 5.13 Å². The van der Waals surface area contributed by atoms with Crippen molar-refractivity contribution in [3.8, 4) is 0 Å². The molecule has 0 saturated carbocycles. The fourth-order valence-electron chi connectivity index (χ4n) is 2.94. The number of thioether (sulfide) groups is 1. The lowest BCUT2D eigenvalue weighted by Crippen LogP contribution is -2.46. The molecule has 1 aromatic carbocycles. The second-order valence-corrected chi connectivity index (χ2v) is 8.04. The van der Waals surface area contributed by atoms with Crippen molar-refractivity contribution in [2.24, 2.45) is 0 Å². The molecule has 0 N–H and O–H groups in total. The SMILES string of the molecule is CCc1nsc(N2CCN(c3cncc(SCc4ccccc4)n3)CC2)n1. The summed E-state index contributed by atoms with van der Waals surface area (Å²) in [4.78, 5) is 18.4. The summed E-state index contributed by atoms with van der Waals surface area (Å²) in [5, 5.41) is 2.00. The average Bonchev–Trinajstić information content (AvgIpc) is 3.23. The maximum absolute atomic E-state index is 4.81. The van der Waals surface area contributed by atoms with Crippen molar-refractivity contribution in [1.82, 2.24) is 19.3 Å². The number of hydrogen-bond donors (Lipinski definition) is 0. The van der Waals surface area contributed by atoms with Gasteiger partial charge in [0.25, 0.3) is 0 Å². The van der Waals surface area contributed by atoms with Crippen LogP contribution in [0.1, 0.15) is 18.3 Å². The van der Waals surface area contributed by atoms with Gasteiger partial charge in [-0.3, -0.25) is 4.98 Å². The minimum absolute atomic E-state index is 0.888. The first-order valence-electron chi connectivity index (χ1n) is 9.13. The van der Waals surface area contributed by atoms with Gasteiger partial charge in [0.15, 0.2) is 0 Å². The summed E-state index contributed by atoms with van der Waals surface area (Å²) >= 11 is 3.23. The zero-order valence-corrected chi connectivity index (χ0v) is 16.9. The van der Waals surface area contributed by atoms with Crippen LogP contribution in [0.2, 0.25) is 0 Å². The molecule has 4 rings (SSSR count). The lowest BCUT2D eigenvalue weighted by Gasteiger charge is -2.34. The number of hydrogen-bond acceptors (Lipinski definition) is 8. The number of aryl methyl sites for hydroxylation is 1. The predicted octanol–water partition coefficient (Wildman–Crippen LogP) is 3.51. The molecule has 0 bridgehead atoms. The van der Waals surface area contributed by atoms with Crippen LogP contribution in [-0.4, -0.2) is 45.5 Å². The summed E-state index contributed by atoms with van der Waals surface area (Å²) in [6, 6.07) is 10.5. The highest BCUT2D eigenvalue weighted by Crippen LogP contribution is 2.24. The summed E-state index contributed by atoms with van der Waals surface area (Å²) in [5.74, 6) is 2.80. The average molecular weight is 399 g/mol. The minimum atomic E-state index is 0.888. The van der Waals surface area contributed by atoms with Gasteiger partial charge in [-0.25, -0.2) is 9.97 Å². The predicted molar refractivity (Wildman–Crippen MR) is 112 cm³/mol. The number of anilines is 2. The molecule has 1 fully saturated rings. The molecule has 1 aliphatic heterocycles. The Morgan fingerprint density at radius 2 is 1.78 bits per heavy atom. The maximum Gasteiger partial charge on any atom is 0.205 e. The first-order valence-corrected chi connectivity index (χ1v) is 10.9. The fourth-order valence-corrected chi connectivity index (χ4v) is 4.54. The lowest BCUT2D eigenvalue weighted by molar-refractivity contribution is 0.642. The monoisotopic (exact) mass is 398 g/mol. The zero-order chi connectivity index (χ0) is 18.5. The lowest BCUT2D eigenvalue weighted by atomic mass is 10.2. The van der Waals surface area contributed by atoms with Gasteiger partial charge in [-0.2, -0.15) is 4.37 Å². The van der Waals surface area contributed by atoms with Crippen LogP contribution in [-0.2, 0) is 12.2 Å². The van der Waals surface area contributed by atoms with E-state index in [1.54, 1.807) is 11.8 Å². The quantitative estimate of drug-likeness (QED) is 0.589. The van der Waals surface area contributed by atoms with E-state index in [4.69, 9.17) is 4.98 Å². The molecule has 1 aliphatic rings. The van der Waals surface area contributed by atoms with Gasteiger partial charge in [-0.1, -0.05) is 37.3 Å². The van der Waals surface area contributed by atoms with Crippen molar-refractivity contribution in [1.29, 1.82) is 0 Å². The van der Waals surface area contributed by atoms with Gasteiger partial charge in [0, 0.05) is 49.9 Å². The Balaban J connectivity index is 1.35. The molecule has 0 aliphatic carbocycles. The van der Waals surface area contributed by atoms with E-state index in [0.29, 0.717) is 0 Å². The highest BCUT2D eigenvalue weighted by Gasteiger charge is 2.21. The Kier molecular flexibility index (Phi) is 5.84. The first kappa shape index (κ1) is 18.2. The van der Waals surface area contributed by atoms with Gasteiger partial charge in [0.05, 0.1) is 12.4 Å². The molecule has 0 spiro atoms. The van der Waals surface area contributed by atoms with E-state index in [1.807, 2.05) is 18.5 Å². The number of rotatable bonds is 6. The molecule has 0 atom stereocenters. The van der Waals surface area contributed by atoms with Crippen molar-refractivity contribution in [2.45, 2.75) is 24.1 Å². The molecule has 3 heterocycles. The molecule has 0 radical (unpaired) electrons. The van der Waals surface area contributed by atoms with Gasteiger partial charge >= 0.3 is 0 Å². The Bertz CT molecular complexity index is 861. The third-order valence-electron chi connectivity index (χ3n) is 4.48. The largest absolute Gasteiger partial charge is 0.352 e. The second-order valence-electron chi connectivity index (χ2n) is 6.31. The third-order valence-corrected chi connectivity index (χ3v) is 6.26. The van der Waals surface area contributed by atoms with Crippen LogP contribution >= 0.6 is 23.3 Å². The number of aromatic nitrogens is 4. The molecule has 27 heavy (non-hydrogen) atoms. The van der Waals surface area contributed by atoms with Crippen LogP contribution < -0.4 is 9.80 Å².